The highest BCUT2D eigenvalue weighted by Gasteiger charge is 2.63. The van der Waals surface area contributed by atoms with E-state index in [1.54, 1.807) is 0 Å². The zero-order chi connectivity index (χ0) is 21.4. The largest absolute Gasteiger partial charge is 0.508 e. The number of aromatic hydroxyl groups is 1. The Hall–Kier alpha value is -1.10. The molecule has 168 valence electrons. The summed E-state index contributed by atoms with van der Waals surface area (Å²) in [6, 6.07) is 5.92. The molecule has 3 aliphatic carbocycles. The highest BCUT2D eigenvalue weighted by atomic mass is 16.3. The number of rotatable bonds is 8. The quantitative estimate of drug-likeness (QED) is 0.471. The second-order valence-corrected chi connectivity index (χ2v) is 10.8. The Morgan fingerprint density at radius 1 is 1.10 bits per heavy atom. The molecular formula is C26H41NO3. The molecule has 1 aromatic carbocycles. The number of aryl methyl sites for hydroxylation is 1. The van der Waals surface area contributed by atoms with Crippen molar-refractivity contribution in [3.05, 3.63) is 29.3 Å². The zero-order valence-corrected chi connectivity index (χ0v) is 18.7. The third-order valence-electron chi connectivity index (χ3n) is 9.17. The standard InChI is InChI=1S/C26H41NO3/c1-25-13-11-21-20-10-8-19(29)15-18(20)7-9-22(21)23(25)16-26(17-28,24(25)30)12-5-3-2-4-6-14-27/h8,10,15,21-24,28-30H,2-7,9,11-14,16-17,27H2,1H3/t21?,22?,23?,24-,25+,26-/m1/s1. The van der Waals surface area contributed by atoms with Crippen LogP contribution in [0.1, 0.15) is 88.2 Å². The van der Waals surface area contributed by atoms with Crippen LogP contribution in [0, 0.1) is 22.7 Å². The molecule has 0 aromatic heterocycles. The first-order chi connectivity index (χ1) is 14.4. The monoisotopic (exact) mass is 415 g/mol. The van der Waals surface area contributed by atoms with E-state index in [1.807, 2.05) is 12.1 Å². The van der Waals surface area contributed by atoms with Crippen LogP contribution in [0.2, 0.25) is 0 Å². The topological polar surface area (TPSA) is 86.7 Å². The maximum atomic E-state index is 11.5. The molecule has 0 heterocycles. The van der Waals surface area contributed by atoms with Gasteiger partial charge in [-0.15, -0.1) is 0 Å². The number of benzene rings is 1. The summed E-state index contributed by atoms with van der Waals surface area (Å²) in [5.74, 6) is 1.95. The van der Waals surface area contributed by atoms with Crippen LogP contribution in [0.15, 0.2) is 18.2 Å². The maximum Gasteiger partial charge on any atom is 0.115 e. The van der Waals surface area contributed by atoms with Crippen molar-refractivity contribution in [1.29, 1.82) is 0 Å². The van der Waals surface area contributed by atoms with Crippen molar-refractivity contribution in [3.63, 3.8) is 0 Å². The Kier molecular flexibility index (Phi) is 6.48. The van der Waals surface area contributed by atoms with E-state index in [1.165, 1.54) is 30.4 Å². The number of aliphatic hydroxyl groups is 2. The van der Waals surface area contributed by atoms with E-state index in [0.717, 1.165) is 57.9 Å². The van der Waals surface area contributed by atoms with Gasteiger partial charge in [0.15, 0.2) is 0 Å². The summed E-state index contributed by atoms with van der Waals surface area (Å²) in [7, 11) is 0. The number of fused-ring (bicyclic) bond motifs is 5. The normalized spacial score (nSPS) is 37.5. The van der Waals surface area contributed by atoms with Gasteiger partial charge in [-0.3, -0.25) is 0 Å². The first-order valence-corrected chi connectivity index (χ1v) is 12.3. The van der Waals surface area contributed by atoms with Gasteiger partial charge in [0.2, 0.25) is 0 Å². The van der Waals surface area contributed by atoms with Gasteiger partial charge in [-0.25, -0.2) is 0 Å². The van der Waals surface area contributed by atoms with Crippen molar-refractivity contribution in [2.24, 2.45) is 28.4 Å². The first-order valence-electron chi connectivity index (χ1n) is 12.3. The highest BCUT2D eigenvalue weighted by molar-refractivity contribution is 5.40. The van der Waals surface area contributed by atoms with E-state index in [2.05, 4.69) is 13.0 Å². The summed E-state index contributed by atoms with van der Waals surface area (Å²) in [5.41, 5.74) is 7.90. The lowest BCUT2D eigenvalue weighted by molar-refractivity contribution is -0.0715. The van der Waals surface area contributed by atoms with Crippen LogP contribution in [-0.4, -0.2) is 34.6 Å². The lowest BCUT2D eigenvalue weighted by Gasteiger charge is -2.50. The van der Waals surface area contributed by atoms with Crippen LogP contribution in [0.5, 0.6) is 5.75 Å². The molecule has 0 bridgehead atoms. The molecule has 1 aromatic rings. The second kappa shape index (κ2) is 8.80. The van der Waals surface area contributed by atoms with Gasteiger partial charge >= 0.3 is 0 Å². The molecule has 6 atom stereocenters. The molecule has 0 radical (unpaired) electrons. The molecule has 4 nitrogen and oxygen atoms in total. The molecule has 4 rings (SSSR count). The van der Waals surface area contributed by atoms with Gasteiger partial charge in [0.05, 0.1) is 12.7 Å². The summed E-state index contributed by atoms with van der Waals surface area (Å²) in [6.07, 6.45) is 11.5. The number of hydrogen-bond donors (Lipinski definition) is 4. The molecule has 30 heavy (non-hydrogen) atoms. The molecule has 0 saturated heterocycles. The third kappa shape index (κ3) is 3.69. The van der Waals surface area contributed by atoms with Crippen LogP contribution in [0.3, 0.4) is 0 Å². The van der Waals surface area contributed by atoms with E-state index in [-0.39, 0.29) is 17.4 Å². The van der Waals surface area contributed by atoms with Crippen molar-refractivity contribution < 1.29 is 15.3 Å². The number of nitrogens with two attached hydrogens (primary N) is 1. The van der Waals surface area contributed by atoms with Crippen LogP contribution in [0.25, 0.3) is 0 Å². The van der Waals surface area contributed by atoms with Crippen LogP contribution >= 0.6 is 0 Å². The highest BCUT2D eigenvalue weighted by Crippen LogP contribution is 2.66. The Morgan fingerprint density at radius 3 is 2.63 bits per heavy atom. The van der Waals surface area contributed by atoms with Gasteiger partial charge in [0.1, 0.15) is 5.75 Å². The lowest BCUT2D eigenvalue weighted by atomic mass is 9.55. The number of phenolic OH excluding ortho intramolecular Hbond substituents is 1. The minimum atomic E-state index is -0.411. The van der Waals surface area contributed by atoms with E-state index in [9.17, 15) is 15.3 Å². The van der Waals surface area contributed by atoms with Gasteiger partial charge in [-0.1, -0.05) is 38.7 Å². The molecule has 2 saturated carbocycles. The molecular weight excluding hydrogens is 374 g/mol. The lowest BCUT2D eigenvalue weighted by Crippen LogP contribution is -2.46. The van der Waals surface area contributed by atoms with Crippen LogP contribution in [0.4, 0.5) is 0 Å². The van der Waals surface area contributed by atoms with E-state index < -0.39 is 6.10 Å². The van der Waals surface area contributed by atoms with Crippen LogP contribution in [-0.2, 0) is 6.42 Å². The number of phenols is 1. The molecule has 4 heteroatoms. The summed E-state index contributed by atoms with van der Waals surface area (Å²) in [4.78, 5) is 0. The second-order valence-electron chi connectivity index (χ2n) is 10.8. The zero-order valence-electron chi connectivity index (χ0n) is 18.7. The van der Waals surface area contributed by atoms with Gasteiger partial charge < -0.3 is 21.1 Å². The smallest absolute Gasteiger partial charge is 0.115 e. The minimum Gasteiger partial charge on any atom is -0.508 e. The van der Waals surface area contributed by atoms with Crippen molar-refractivity contribution >= 4 is 0 Å². The summed E-state index contributed by atoms with van der Waals surface area (Å²) < 4.78 is 0. The number of hydrogen-bond acceptors (Lipinski definition) is 4. The molecule has 2 fully saturated rings. The fraction of sp³-hybridized carbons (Fsp3) is 0.769. The fourth-order valence-electron chi connectivity index (χ4n) is 7.51. The summed E-state index contributed by atoms with van der Waals surface area (Å²) in [5, 5.41) is 31.9. The average molecular weight is 416 g/mol. The van der Waals surface area contributed by atoms with Gasteiger partial charge in [-0.2, -0.15) is 0 Å². The molecule has 0 spiro atoms. The van der Waals surface area contributed by atoms with Crippen molar-refractivity contribution in [2.75, 3.05) is 13.2 Å². The molecule has 5 N–H and O–H groups in total. The molecule has 0 aliphatic heterocycles. The predicted octanol–water partition coefficient (Wildman–Crippen LogP) is 4.50. The first kappa shape index (κ1) is 22.1. The predicted molar refractivity (Wildman–Crippen MR) is 120 cm³/mol. The SMILES string of the molecule is C[C@]12CCC3c4ccc(O)cc4CCC3C1C[C@@](CO)(CCCCCCCN)[C@@H]2O. The Morgan fingerprint density at radius 2 is 1.87 bits per heavy atom. The molecule has 0 amide bonds. The van der Waals surface area contributed by atoms with Gasteiger partial charge in [-0.05, 0) is 97.9 Å². The van der Waals surface area contributed by atoms with Crippen molar-refractivity contribution in [1.82, 2.24) is 0 Å². The number of aliphatic hydroxyl groups excluding tert-OH is 2. The summed E-state index contributed by atoms with van der Waals surface area (Å²) in [6.45, 7) is 3.17. The van der Waals surface area contributed by atoms with E-state index >= 15 is 0 Å². The van der Waals surface area contributed by atoms with E-state index in [4.69, 9.17) is 5.73 Å². The Labute approximate surface area is 181 Å². The molecule has 3 unspecified atom stereocenters. The third-order valence-corrected chi connectivity index (χ3v) is 9.17. The maximum absolute atomic E-state index is 11.5. The fourth-order valence-corrected chi connectivity index (χ4v) is 7.51. The van der Waals surface area contributed by atoms with Gasteiger partial charge in [0, 0.05) is 5.41 Å². The Balaban J connectivity index is 1.50. The van der Waals surface area contributed by atoms with Crippen LogP contribution < -0.4 is 5.73 Å². The number of unbranched alkanes of at least 4 members (excludes halogenated alkanes) is 4. The Bertz CT molecular complexity index is 737. The molecule has 3 aliphatic rings. The minimum absolute atomic E-state index is 0.0854. The van der Waals surface area contributed by atoms with Gasteiger partial charge in [0.25, 0.3) is 0 Å². The van der Waals surface area contributed by atoms with E-state index in [0.29, 0.717) is 23.5 Å². The average Bonchev–Trinajstić information content (AvgIpc) is 2.98. The summed E-state index contributed by atoms with van der Waals surface area (Å²) >= 11 is 0. The van der Waals surface area contributed by atoms with Crippen molar-refractivity contribution in [2.45, 2.75) is 89.6 Å². The van der Waals surface area contributed by atoms with Crippen molar-refractivity contribution in [3.8, 4) is 5.75 Å².